The van der Waals surface area contributed by atoms with Crippen molar-refractivity contribution in [2.24, 2.45) is 0 Å². The molecule has 0 bridgehead atoms. The highest BCUT2D eigenvalue weighted by Crippen LogP contribution is 2.26. The van der Waals surface area contributed by atoms with Gasteiger partial charge in [0.1, 0.15) is 0 Å². The minimum atomic E-state index is -2.90. The predicted molar refractivity (Wildman–Crippen MR) is 100 cm³/mol. The second kappa shape index (κ2) is 7.09. The third kappa shape index (κ3) is 4.15. The van der Waals surface area contributed by atoms with Crippen LogP contribution in [0.5, 0.6) is 0 Å². The summed E-state index contributed by atoms with van der Waals surface area (Å²) in [4.78, 5) is 1.99. The Balaban J connectivity index is 1.70. The molecule has 24 heavy (non-hydrogen) atoms. The summed E-state index contributed by atoms with van der Waals surface area (Å²) in [6.07, 6.45) is 0.654. The van der Waals surface area contributed by atoms with E-state index in [0.717, 1.165) is 5.69 Å². The SMILES string of the molecule is CN(Cn1nc(Nc2ccccc2Cl)sc1=S)C1CCS(=O)(=O)C1. The highest BCUT2D eigenvalue weighted by atomic mass is 35.5. The van der Waals surface area contributed by atoms with Crippen molar-refractivity contribution in [3.63, 3.8) is 0 Å². The summed E-state index contributed by atoms with van der Waals surface area (Å²) < 4.78 is 25.5. The van der Waals surface area contributed by atoms with Crippen LogP contribution in [0.2, 0.25) is 5.02 Å². The van der Waals surface area contributed by atoms with Gasteiger partial charge in [-0.1, -0.05) is 35.1 Å². The van der Waals surface area contributed by atoms with Crippen LogP contribution in [0, 0.1) is 3.95 Å². The zero-order chi connectivity index (χ0) is 17.3. The van der Waals surface area contributed by atoms with E-state index in [2.05, 4.69) is 10.4 Å². The molecule has 1 aliphatic rings. The average molecular weight is 405 g/mol. The molecule has 3 rings (SSSR count). The summed E-state index contributed by atoms with van der Waals surface area (Å²) in [5, 5.41) is 8.89. The molecular formula is C14H17ClN4O2S3. The Kier molecular flexibility index (Phi) is 5.26. The summed E-state index contributed by atoms with van der Waals surface area (Å²) in [6.45, 7) is 0.458. The molecule has 0 aliphatic carbocycles. The van der Waals surface area contributed by atoms with E-state index in [9.17, 15) is 8.42 Å². The van der Waals surface area contributed by atoms with Gasteiger partial charge < -0.3 is 5.32 Å². The Morgan fingerprint density at radius 2 is 2.25 bits per heavy atom. The van der Waals surface area contributed by atoms with Gasteiger partial charge >= 0.3 is 0 Å². The van der Waals surface area contributed by atoms with Crippen molar-refractivity contribution in [3.05, 3.63) is 33.2 Å². The first-order chi connectivity index (χ1) is 11.3. The lowest BCUT2D eigenvalue weighted by atomic mass is 10.2. The number of hydrogen-bond acceptors (Lipinski definition) is 7. The maximum atomic E-state index is 11.6. The predicted octanol–water partition coefficient (Wildman–Crippen LogP) is 3.15. The van der Waals surface area contributed by atoms with Crippen LogP contribution >= 0.6 is 35.2 Å². The van der Waals surface area contributed by atoms with Crippen molar-refractivity contribution in [2.45, 2.75) is 19.1 Å². The largest absolute Gasteiger partial charge is 0.329 e. The van der Waals surface area contributed by atoms with Crippen molar-refractivity contribution in [2.75, 3.05) is 23.9 Å². The fourth-order valence-corrected chi connectivity index (χ4v) is 5.57. The van der Waals surface area contributed by atoms with Gasteiger partial charge in [-0.05, 0) is 37.8 Å². The Bertz CT molecular complexity index is 893. The van der Waals surface area contributed by atoms with Gasteiger partial charge in [-0.15, -0.1) is 5.10 Å². The highest BCUT2D eigenvalue weighted by molar-refractivity contribution is 7.91. The number of nitrogens with one attached hydrogen (secondary N) is 1. The van der Waals surface area contributed by atoms with Gasteiger partial charge in [-0.3, -0.25) is 4.90 Å². The average Bonchev–Trinajstić information content (AvgIpc) is 3.04. The number of hydrogen-bond donors (Lipinski definition) is 1. The molecule has 10 heteroatoms. The Morgan fingerprint density at radius 3 is 2.92 bits per heavy atom. The zero-order valence-corrected chi connectivity index (χ0v) is 16.2. The van der Waals surface area contributed by atoms with Gasteiger partial charge in [0.05, 0.1) is 28.9 Å². The Hall–Kier alpha value is -1.00. The molecule has 1 atom stereocenters. The van der Waals surface area contributed by atoms with Gasteiger partial charge in [-0.2, -0.15) is 0 Å². The first-order valence-electron chi connectivity index (χ1n) is 7.34. The molecule has 1 aromatic heterocycles. The first-order valence-corrected chi connectivity index (χ1v) is 10.8. The number of nitrogens with zero attached hydrogens (tertiary/aromatic N) is 3. The molecule has 2 aromatic rings. The number of aromatic nitrogens is 2. The molecule has 1 saturated heterocycles. The van der Waals surface area contributed by atoms with Crippen molar-refractivity contribution in [3.8, 4) is 0 Å². The van der Waals surface area contributed by atoms with E-state index in [0.29, 0.717) is 27.2 Å². The molecule has 0 radical (unpaired) electrons. The van der Waals surface area contributed by atoms with Crippen LogP contribution in [0.25, 0.3) is 0 Å². The molecule has 0 amide bonds. The molecule has 1 N–H and O–H groups in total. The molecule has 0 spiro atoms. The number of anilines is 2. The van der Waals surface area contributed by atoms with E-state index in [-0.39, 0.29) is 17.5 Å². The topological polar surface area (TPSA) is 67.2 Å². The van der Waals surface area contributed by atoms with Crippen LogP contribution in [-0.2, 0) is 16.5 Å². The zero-order valence-electron chi connectivity index (χ0n) is 13.0. The lowest BCUT2D eigenvalue weighted by Crippen LogP contribution is -2.34. The van der Waals surface area contributed by atoms with E-state index in [4.69, 9.17) is 23.8 Å². The van der Waals surface area contributed by atoms with Crippen LogP contribution in [0.15, 0.2) is 24.3 Å². The van der Waals surface area contributed by atoms with Crippen LogP contribution < -0.4 is 5.32 Å². The number of rotatable bonds is 5. The van der Waals surface area contributed by atoms with Crippen LogP contribution in [-0.4, -0.2) is 47.7 Å². The van der Waals surface area contributed by atoms with E-state index in [1.165, 1.54) is 11.3 Å². The molecular weight excluding hydrogens is 388 g/mol. The monoisotopic (exact) mass is 404 g/mol. The molecule has 0 saturated carbocycles. The Morgan fingerprint density at radius 1 is 1.50 bits per heavy atom. The smallest absolute Gasteiger partial charge is 0.209 e. The lowest BCUT2D eigenvalue weighted by Gasteiger charge is -2.22. The van der Waals surface area contributed by atoms with Crippen molar-refractivity contribution in [1.29, 1.82) is 0 Å². The highest BCUT2D eigenvalue weighted by Gasteiger charge is 2.30. The Labute approximate surface area is 155 Å². The van der Waals surface area contributed by atoms with Crippen molar-refractivity contribution in [1.82, 2.24) is 14.7 Å². The molecule has 130 valence electrons. The minimum Gasteiger partial charge on any atom is -0.329 e. The fourth-order valence-electron chi connectivity index (χ4n) is 2.57. The molecule has 1 aliphatic heterocycles. The number of para-hydroxylation sites is 1. The summed E-state index contributed by atoms with van der Waals surface area (Å²) in [5.41, 5.74) is 0.769. The van der Waals surface area contributed by atoms with Crippen LogP contribution in [0.3, 0.4) is 0 Å². The van der Waals surface area contributed by atoms with E-state index in [1.807, 2.05) is 30.1 Å². The second-order valence-electron chi connectivity index (χ2n) is 5.73. The maximum absolute atomic E-state index is 11.6. The maximum Gasteiger partial charge on any atom is 0.209 e. The van der Waals surface area contributed by atoms with Crippen LogP contribution in [0.4, 0.5) is 10.8 Å². The van der Waals surface area contributed by atoms with Crippen molar-refractivity contribution >= 4 is 55.8 Å². The van der Waals surface area contributed by atoms with Gasteiger partial charge in [-0.25, -0.2) is 13.1 Å². The fraction of sp³-hybridized carbons (Fsp3) is 0.429. The van der Waals surface area contributed by atoms with Crippen LogP contribution in [0.1, 0.15) is 6.42 Å². The normalized spacial score (nSPS) is 19.7. The number of benzene rings is 1. The minimum absolute atomic E-state index is 0.0126. The molecule has 1 unspecified atom stereocenters. The first kappa shape index (κ1) is 17.8. The third-order valence-corrected chi connectivity index (χ3v) is 7.21. The van der Waals surface area contributed by atoms with Gasteiger partial charge in [0, 0.05) is 6.04 Å². The van der Waals surface area contributed by atoms with Gasteiger partial charge in [0.2, 0.25) is 5.13 Å². The van der Waals surface area contributed by atoms with E-state index >= 15 is 0 Å². The third-order valence-electron chi connectivity index (χ3n) is 3.91. The molecule has 1 fully saturated rings. The van der Waals surface area contributed by atoms with Crippen molar-refractivity contribution < 1.29 is 8.42 Å². The standard InChI is InChI=1S/C14H17ClN4O2S3/c1-18(10-6-7-24(20,21)8-10)9-19-14(22)23-13(17-19)16-12-5-3-2-4-11(12)15/h2-5,10H,6-9H2,1H3,(H,16,17). The molecule has 6 nitrogen and oxygen atoms in total. The summed E-state index contributed by atoms with van der Waals surface area (Å²) in [6, 6.07) is 7.43. The number of sulfone groups is 1. The van der Waals surface area contributed by atoms with E-state index in [1.54, 1.807) is 10.7 Å². The second-order valence-corrected chi connectivity index (χ2v) is 9.99. The molecule has 2 heterocycles. The summed E-state index contributed by atoms with van der Waals surface area (Å²) in [7, 11) is -1.01. The van der Waals surface area contributed by atoms with Gasteiger partial charge in [0.25, 0.3) is 0 Å². The quantitative estimate of drug-likeness (QED) is 0.772. The summed E-state index contributed by atoms with van der Waals surface area (Å²) >= 11 is 12.8. The van der Waals surface area contributed by atoms with E-state index < -0.39 is 9.84 Å². The number of halogens is 1. The van der Waals surface area contributed by atoms with Gasteiger partial charge in [0.15, 0.2) is 13.8 Å². The lowest BCUT2D eigenvalue weighted by molar-refractivity contribution is 0.198. The molecule has 1 aromatic carbocycles. The summed E-state index contributed by atoms with van der Waals surface area (Å²) in [5.74, 6) is 0.454.